The molecular formula is C21H20F2N2O2S. The number of carbonyl (C=O) groups excluding carboxylic acids is 2. The van der Waals surface area contributed by atoms with Gasteiger partial charge in [-0.3, -0.25) is 9.59 Å². The highest BCUT2D eigenvalue weighted by Gasteiger charge is 2.38. The van der Waals surface area contributed by atoms with Gasteiger partial charge in [-0.05, 0) is 48.6 Å². The van der Waals surface area contributed by atoms with Crippen molar-refractivity contribution in [3.05, 3.63) is 59.2 Å². The number of nitrogens with one attached hydrogen (secondary N) is 2. The molecule has 1 saturated heterocycles. The summed E-state index contributed by atoms with van der Waals surface area (Å²) in [7, 11) is 0. The van der Waals surface area contributed by atoms with E-state index in [1.807, 2.05) is 43.3 Å². The Labute approximate surface area is 166 Å². The highest BCUT2D eigenvalue weighted by Crippen LogP contribution is 2.45. The van der Waals surface area contributed by atoms with E-state index in [2.05, 4.69) is 16.7 Å². The molecule has 2 aromatic rings. The molecule has 0 bridgehead atoms. The second-order valence-electron chi connectivity index (χ2n) is 7.20. The van der Waals surface area contributed by atoms with Gasteiger partial charge in [0.15, 0.2) is 0 Å². The third-order valence-electron chi connectivity index (χ3n) is 5.25. The van der Waals surface area contributed by atoms with Crippen LogP contribution in [0.1, 0.15) is 35.6 Å². The van der Waals surface area contributed by atoms with Crippen molar-refractivity contribution in [2.24, 2.45) is 5.92 Å². The first-order chi connectivity index (χ1) is 13.4. The molecule has 2 N–H and O–H groups in total. The van der Waals surface area contributed by atoms with Gasteiger partial charge in [0.25, 0.3) is 6.43 Å². The smallest absolute Gasteiger partial charge is 0.258 e. The van der Waals surface area contributed by atoms with E-state index in [0.717, 1.165) is 26.5 Å². The monoisotopic (exact) mass is 402 g/mol. The van der Waals surface area contributed by atoms with Crippen LogP contribution < -0.4 is 10.6 Å². The van der Waals surface area contributed by atoms with Crippen LogP contribution in [-0.2, 0) is 9.59 Å². The number of rotatable bonds is 3. The van der Waals surface area contributed by atoms with Crippen LogP contribution in [0.25, 0.3) is 0 Å². The Morgan fingerprint density at radius 2 is 1.89 bits per heavy atom. The zero-order valence-corrected chi connectivity index (χ0v) is 16.1. The van der Waals surface area contributed by atoms with Crippen molar-refractivity contribution < 1.29 is 18.4 Å². The molecule has 7 heteroatoms. The van der Waals surface area contributed by atoms with E-state index in [1.165, 1.54) is 0 Å². The molecule has 1 fully saturated rings. The first-order valence-electron chi connectivity index (χ1n) is 9.20. The number of hydrogen-bond acceptors (Lipinski definition) is 3. The normalized spacial score (nSPS) is 23.6. The Kier molecular flexibility index (Phi) is 5.10. The summed E-state index contributed by atoms with van der Waals surface area (Å²) in [6.07, 6.45) is -2.41. The zero-order valence-electron chi connectivity index (χ0n) is 15.2. The summed E-state index contributed by atoms with van der Waals surface area (Å²) in [5.74, 6) is -2.01. The third-order valence-corrected chi connectivity index (χ3v) is 6.41. The minimum absolute atomic E-state index is 0.0916. The van der Waals surface area contributed by atoms with Crippen LogP contribution in [0.15, 0.2) is 52.3 Å². The molecule has 2 amide bonds. The Morgan fingerprint density at radius 3 is 2.64 bits per heavy atom. The van der Waals surface area contributed by atoms with Gasteiger partial charge in [-0.15, -0.1) is 0 Å². The molecule has 0 spiro atoms. The molecule has 4 nitrogen and oxygen atoms in total. The number of carbonyl (C=O) groups is 2. The summed E-state index contributed by atoms with van der Waals surface area (Å²) in [5.41, 5.74) is 3.07. The topological polar surface area (TPSA) is 58.2 Å². The summed E-state index contributed by atoms with van der Waals surface area (Å²) in [5, 5.41) is 5.27. The predicted octanol–water partition coefficient (Wildman–Crippen LogP) is 3.83. The first-order valence-corrected chi connectivity index (χ1v) is 10.0. The molecule has 3 atom stereocenters. The molecule has 2 aromatic carbocycles. The zero-order chi connectivity index (χ0) is 19.8. The average Bonchev–Trinajstić information content (AvgIpc) is 2.67. The molecule has 2 aliphatic rings. The molecule has 3 unspecified atom stereocenters. The fourth-order valence-corrected chi connectivity index (χ4v) is 4.97. The van der Waals surface area contributed by atoms with E-state index in [0.29, 0.717) is 0 Å². The number of halogens is 2. The molecule has 0 aromatic heterocycles. The second kappa shape index (κ2) is 7.54. The Hall–Kier alpha value is -2.41. The minimum Gasteiger partial charge on any atom is -0.347 e. The van der Waals surface area contributed by atoms with E-state index in [4.69, 9.17) is 0 Å². The van der Waals surface area contributed by atoms with Gasteiger partial charge in [-0.2, -0.15) is 0 Å². The number of piperidine rings is 1. The van der Waals surface area contributed by atoms with Gasteiger partial charge < -0.3 is 10.6 Å². The number of hydrogen-bond donors (Lipinski definition) is 2. The largest absolute Gasteiger partial charge is 0.347 e. The standard InChI is InChI=1S/C21H20F2N2O2S/c1-11-6-7-13-17(10-11)28-16-5-3-2-4-12(16)18(13)25-21(27)14-8-9-15(19(22)23)24-20(14)26/h2-7,10,14-15,18-19H,8-9H2,1H3,(H,24,26)(H,25,27). The lowest BCUT2D eigenvalue weighted by atomic mass is 9.91. The molecule has 2 aliphatic heterocycles. The summed E-state index contributed by atoms with van der Waals surface area (Å²) < 4.78 is 25.7. The Morgan fingerprint density at radius 1 is 1.14 bits per heavy atom. The van der Waals surface area contributed by atoms with Crippen LogP contribution in [0.2, 0.25) is 0 Å². The van der Waals surface area contributed by atoms with E-state index in [1.54, 1.807) is 11.8 Å². The van der Waals surface area contributed by atoms with Gasteiger partial charge in [-0.1, -0.05) is 42.1 Å². The number of alkyl halides is 2. The highest BCUT2D eigenvalue weighted by molar-refractivity contribution is 7.99. The maximum atomic E-state index is 12.9. The van der Waals surface area contributed by atoms with Crippen molar-refractivity contribution in [3.8, 4) is 0 Å². The summed E-state index contributed by atoms with van der Waals surface area (Å²) in [4.78, 5) is 27.2. The summed E-state index contributed by atoms with van der Waals surface area (Å²) in [6.45, 7) is 2.01. The van der Waals surface area contributed by atoms with Crippen molar-refractivity contribution in [1.82, 2.24) is 10.6 Å². The van der Waals surface area contributed by atoms with Crippen molar-refractivity contribution in [3.63, 3.8) is 0 Å². The molecule has 0 aliphatic carbocycles. The molecule has 146 valence electrons. The lowest BCUT2D eigenvalue weighted by Crippen LogP contribution is -2.52. The third kappa shape index (κ3) is 3.51. The number of aryl methyl sites for hydroxylation is 1. The molecule has 4 rings (SSSR count). The van der Waals surface area contributed by atoms with E-state index in [-0.39, 0.29) is 18.9 Å². The van der Waals surface area contributed by atoms with Crippen molar-refractivity contribution in [2.75, 3.05) is 0 Å². The highest BCUT2D eigenvalue weighted by atomic mass is 32.2. The summed E-state index contributed by atoms with van der Waals surface area (Å²) in [6, 6.07) is 12.3. The van der Waals surface area contributed by atoms with Crippen molar-refractivity contribution >= 4 is 23.6 Å². The Bertz CT molecular complexity index is 934. The quantitative estimate of drug-likeness (QED) is 0.768. The van der Waals surface area contributed by atoms with Crippen LogP contribution in [0.4, 0.5) is 8.78 Å². The van der Waals surface area contributed by atoms with Crippen LogP contribution in [0, 0.1) is 12.8 Å². The first kappa shape index (κ1) is 18.9. The SMILES string of the molecule is Cc1ccc2c(c1)Sc1ccccc1C2NC(=O)C1CCC(C(F)F)NC1=O. The predicted molar refractivity (Wildman–Crippen MR) is 102 cm³/mol. The van der Waals surface area contributed by atoms with Crippen molar-refractivity contribution in [1.29, 1.82) is 0 Å². The van der Waals surface area contributed by atoms with Crippen LogP contribution >= 0.6 is 11.8 Å². The number of fused-ring (bicyclic) bond motifs is 2. The lowest BCUT2D eigenvalue weighted by molar-refractivity contribution is -0.139. The summed E-state index contributed by atoms with van der Waals surface area (Å²) >= 11 is 1.65. The maximum Gasteiger partial charge on any atom is 0.258 e. The van der Waals surface area contributed by atoms with E-state index >= 15 is 0 Å². The molecule has 28 heavy (non-hydrogen) atoms. The minimum atomic E-state index is -2.62. The van der Waals surface area contributed by atoms with Crippen LogP contribution in [0.5, 0.6) is 0 Å². The Balaban J connectivity index is 1.60. The van der Waals surface area contributed by atoms with Gasteiger partial charge in [-0.25, -0.2) is 8.78 Å². The molecular weight excluding hydrogens is 382 g/mol. The number of benzene rings is 2. The molecule has 0 saturated carbocycles. The number of amides is 2. The van der Waals surface area contributed by atoms with Gasteiger partial charge in [0.2, 0.25) is 11.8 Å². The van der Waals surface area contributed by atoms with Gasteiger partial charge in [0.1, 0.15) is 5.92 Å². The van der Waals surface area contributed by atoms with Crippen LogP contribution in [0.3, 0.4) is 0 Å². The fraction of sp³-hybridized carbons (Fsp3) is 0.333. The van der Waals surface area contributed by atoms with Crippen LogP contribution in [-0.4, -0.2) is 24.3 Å². The van der Waals surface area contributed by atoms with E-state index < -0.39 is 30.2 Å². The van der Waals surface area contributed by atoms with Gasteiger partial charge >= 0.3 is 0 Å². The average molecular weight is 402 g/mol. The molecule has 0 radical (unpaired) electrons. The van der Waals surface area contributed by atoms with Gasteiger partial charge in [0, 0.05) is 9.79 Å². The second-order valence-corrected chi connectivity index (χ2v) is 8.29. The fourth-order valence-electron chi connectivity index (χ4n) is 3.74. The molecule has 2 heterocycles. The van der Waals surface area contributed by atoms with E-state index in [9.17, 15) is 18.4 Å². The maximum absolute atomic E-state index is 12.9. The van der Waals surface area contributed by atoms with Gasteiger partial charge in [0.05, 0.1) is 12.1 Å². The lowest BCUT2D eigenvalue weighted by Gasteiger charge is -2.32. The van der Waals surface area contributed by atoms with Crippen molar-refractivity contribution in [2.45, 2.75) is 48.1 Å².